The minimum atomic E-state index is -2.80. The standard InChI is InChI=1S/C16H31N3O2S.HI/c1-4-16(5-2)8-9-19(13-16)15(17-6-3)18-11-14-7-10-22(20,21)12-14;/h14H,4-13H2,1-3H3,(H,17,18);1H. The van der Waals surface area contributed by atoms with E-state index in [1.807, 2.05) is 0 Å². The first-order chi connectivity index (χ1) is 10.4. The fourth-order valence-corrected chi connectivity index (χ4v) is 5.45. The number of likely N-dealkylation sites (tertiary alicyclic amines) is 1. The molecule has 0 spiro atoms. The third kappa shape index (κ3) is 5.47. The topological polar surface area (TPSA) is 61.8 Å². The molecule has 0 aromatic carbocycles. The molecule has 0 saturated carbocycles. The van der Waals surface area contributed by atoms with E-state index in [9.17, 15) is 8.42 Å². The Labute approximate surface area is 158 Å². The SMILES string of the molecule is CCNC(=NCC1CCS(=O)(=O)C1)N1CCC(CC)(CC)C1.I. The van der Waals surface area contributed by atoms with Crippen LogP contribution in [-0.2, 0) is 9.84 Å². The lowest BCUT2D eigenvalue weighted by Crippen LogP contribution is -2.41. The average Bonchev–Trinajstić information content (AvgIpc) is 3.07. The van der Waals surface area contributed by atoms with Crippen LogP contribution in [0.5, 0.6) is 0 Å². The number of sulfone groups is 1. The van der Waals surface area contributed by atoms with E-state index in [2.05, 4.69) is 31.0 Å². The summed E-state index contributed by atoms with van der Waals surface area (Å²) >= 11 is 0. The van der Waals surface area contributed by atoms with Crippen molar-refractivity contribution in [2.45, 2.75) is 46.5 Å². The smallest absolute Gasteiger partial charge is 0.193 e. The van der Waals surface area contributed by atoms with E-state index in [1.165, 1.54) is 19.3 Å². The summed E-state index contributed by atoms with van der Waals surface area (Å²) in [7, 11) is -2.80. The van der Waals surface area contributed by atoms with Gasteiger partial charge in [-0.05, 0) is 43.9 Å². The molecule has 2 rings (SSSR count). The van der Waals surface area contributed by atoms with Crippen LogP contribution in [0.25, 0.3) is 0 Å². The molecule has 7 heteroatoms. The van der Waals surface area contributed by atoms with Gasteiger partial charge in [0.05, 0.1) is 11.5 Å². The van der Waals surface area contributed by atoms with Crippen LogP contribution >= 0.6 is 24.0 Å². The number of hydrogen-bond acceptors (Lipinski definition) is 3. The number of aliphatic imine (C=N–C) groups is 1. The fraction of sp³-hybridized carbons (Fsp3) is 0.938. The van der Waals surface area contributed by atoms with Crippen molar-refractivity contribution in [2.24, 2.45) is 16.3 Å². The predicted molar refractivity (Wildman–Crippen MR) is 107 cm³/mol. The second-order valence-electron chi connectivity index (χ2n) is 6.84. The van der Waals surface area contributed by atoms with E-state index in [1.54, 1.807) is 0 Å². The van der Waals surface area contributed by atoms with E-state index in [4.69, 9.17) is 4.99 Å². The Morgan fingerprint density at radius 3 is 2.48 bits per heavy atom. The van der Waals surface area contributed by atoms with Crippen LogP contribution < -0.4 is 5.32 Å². The Morgan fingerprint density at radius 2 is 2.00 bits per heavy atom. The van der Waals surface area contributed by atoms with Crippen LogP contribution in [0.2, 0.25) is 0 Å². The second-order valence-corrected chi connectivity index (χ2v) is 9.07. The highest BCUT2D eigenvalue weighted by molar-refractivity contribution is 14.0. The van der Waals surface area contributed by atoms with Gasteiger partial charge >= 0.3 is 0 Å². The molecule has 1 N–H and O–H groups in total. The molecule has 0 aromatic heterocycles. The predicted octanol–water partition coefficient (Wildman–Crippen LogP) is 2.52. The van der Waals surface area contributed by atoms with Gasteiger partial charge in [-0.2, -0.15) is 0 Å². The molecular formula is C16H32IN3O2S. The first-order valence-corrected chi connectivity index (χ1v) is 10.5. The summed E-state index contributed by atoms with van der Waals surface area (Å²) in [4.78, 5) is 7.11. The maximum absolute atomic E-state index is 11.6. The van der Waals surface area contributed by atoms with Gasteiger partial charge in [0.15, 0.2) is 15.8 Å². The Morgan fingerprint density at radius 1 is 1.30 bits per heavy atom. The Balaban J connectivity index is 0.00000264. The molecule has 23 heavy (non-hydrogen) atoms. The van der Waals surface area contributed by atoms with Gasteiger partial charge in [-0.15, -0.1) is 24.0 Å². The third-order valence-electron chi connectivity index (χ3n) is 5.40. The van der Waals surface area contributed by atoms with Crippen molar-refractivity contribution in [3.8, 4) is 0 Å². The maximum atomic E-state index is 11.6. The summed E-state index contributed by atoms with van der Waals surface area (Å²) in [6.07, 6.45) is 4.40. The summed E-state index contributed by atoms with van der Waals surface area (Å²) in [5.41, 5.74) is 0.424. The molecule has 0 aromatic rings. The Bertz CT molecular complexity index is 503. The van der Waals surface area contributed by atoms with Gasteiger partial charge in [0.25, 0.3) is 0 Å². The first kappa shape index (κ1) is 21.0. The van der Waals surface area contributed by atoms with Crippen molar-refractivity contribution >= 4 is 39.8 Å². The summed E-state index contributed by atoms with van der Waals surface area (Å²) in [5, 5.41) is 3.38. The van der Waals surface area contributed by atoms with E-state index in [-0.39, 0.29) is 29.9 Å². The third-order valence-corrected chi connectivity index (χ3v) is 7.24. The number of rotatable bonds is 5. The van der Waals surface area contributed by atoms with E-state index in [0.717, 1.165) is 32.0 Å². The Hall–Kier alpha value is -0.0500. The van der Waals surface area contributed by atoms with Gasteiger partial charge in [0, 0.05) is 26.2 Å². The molecule has 2 aliphatic heterocycles. The number of hydrogen-bond donors (Lipinski definition) is 1. The zero-order chi connectivity index (χ0) is 16.2. The quantitative estimate of drug-likeness (QED) is 0.392. The van der Waals surface area contributed by atoms with Gasteiger partial charge < -0.3 is 10.2 Å². The molecule has 0 radical (unpaired) electrons. The van der Waals surface area contributed by atoms with Crippen LogP contribution in [-0.4, -0.2) is 57.0 Å². The summed E-state index contributed by atoms with van der Waals surface area (Å²) < 4.78 is 23.1. The molecule has 136 valence electrons. The highest BCUT2D eigenvalue weighted by Gasteiger charge is 2.36. The van der Waals surface area contributed by atoms with Gasteiger partial charge in [0.1, 0.15) is 0 Å². The maximum Gasteiger partial charge on any atom is 0.193 e. The van der Waals surface area contributed by atoms with Crippen LogP contribution in [0.4, 0.5) is 0 Å². The second kappa shape index (κ2) is 8.87. The van der Waals surface area contributed by atoms with E-state index in [0.29, 0.717) is 23.5 Å². The van der Waals surface area contributed by atoms with Gasteiger partial charge in [-0.1, -0.05) is 13.8 Å². The highest BCUT2D eigenvalue weighted by Crippen LogP contribution is 2.36. The summed E-state index contributed by atoms with van der Waals surface area (Å²) in [6.45, 7) is 10.2. The zero-order valence-corrected chi connectivity index (χ0v) is 17.8. The number of halogens is 1. The minimum Gasteiger partial charge on any atom is -0.357 e. The van der Waals surface area contributed by atoms with Gasteiger partial charge in [-0.3, -0.25) is 4.99 Å². The van der Waals surface area contributed by atoms with Crippen molar-refractivity contribution in [1.82, 2.24) is 10.2 Å². The highest BCUT2D eigenvalue weighted by atomic mass is 127. The van der Waals surface area contributed by atoms with Crippen LogP contribution in [0.3, 0.4) is 0 Å². The van der Waals surface area contributed by atoms with Gasteiger partial charge in [0.2, 0.25) is 0 Å². The number of guanidine groups is 1. The Kier molecular flexibility index (Phi) is 8.10. The van der Waals surface area contributed by atoms with E-state index < -0.39 is 9.84 Å². The fourth-order valence-electron chi connectivity index (χ4n) is 3.60. The summed E-state index contributed by atoms with van der Waals surface area (Å²) in [6, 6.07) is 0. The molecule has 0 bridgehead atoms. The lowest BCUT2D eigenvalue weighted by atomic mass is 9.82. The lowest BCUT2D eigenvalue weighted by Gasteiger charge is -2.28. The minimum absolute atomic E-state index is 0. The van der Waals surface area contributed by atoms with Crippen LogP contribution in [0.15, 0.2) is 4.99 Å². The van der Waals surface area contributed by atoms with Crippen molar-refractivity contribution in [1.29, 1.82) is 0 Å². The molecule has 0 amide bonds. The molecule has 1 unspecified atom stereocenters. The average molecular weight is 457 g/mol. The van der Waals surface area contributed by atoms with Crippen LogP contribution in [0.1, 0.15) is 46.5 Å². The van der Waals surface area contributed by atoms with Crippen LogP contribution in [0, 0.1) is 11.3 Å². The zero-order valence-electron chi connectivity index (χ0n) is 14.7. The molecule has 2 aliphatic rings. The molecular weight excluding hydrogens is 425 g/mol. The monoisotopic (exact) mass is 457 g/mol. The molecule has 2 fully saturated rings. The number of nitrogens with one attached hydrogen (secondary N) is 1. The molecule has 1 atom stereocenters. The van der Waals surface area contributed by atoms with Gasteiger partial charge in [-0.25, -0.2) is 8.42 Å². The molecule has 5 nitrogen and oxygen atoms in total. The largest absolute Gasteiger partial charge is 0.357 e. The van der Waals surface area contributed by atoms with E-state index >= 15 is 0 Å². The molecule has 0 aliphatic carbocycles. The van der Waals surface area contributed by atoms with Crippen molar-refractivity contribution in [3.63, 3.8) is 0 Å². The van der Waals surface area contributed by atoms with Crippen molar-refractivity contribution in [3.05, 3.63) is 0 Å². The first-order valence-electron chi connectivity index (χ1n) is 8.67. The summed E-state index contributed by atoms with van der Waals surface area (Å²) in [5.74, 6) is 1.81. The van der Waals surface area contributed by atoms with Crippen molar-refractivity contribution < 1.29 is 8.42 Å². The lowest BCUT2D eigenvalue weighted by molar-refractivity contribution is 0.276. The number of nitrogens with zero attached hydrogens (tertiary/aromatic N) is 2. The van der Waals surface area contributed by atoms with Crippen molar-refractivity contribution in [2.75, 3.05) is 37.7 Å². The molecule has 2 heterocycles. The normalized spacial score (nSPS) is 26.1. The molecule has 2 saturated heterocycles.